The monoisotopic (exact) mass is 424 g/mol. The van der Waals surface area contributed by atoms with Crippen molar-refractivity contribution in [1.29, 1.82) is 0 Å². The second-order valence-electron chi connectivity index (χ2n) is 6.86. The minimum Gasteiger partial charge on any atom is -0.469 e. The van der Waals surface area contributed by atoms with Gasteiger partial charge >= 0.3 is 23.9 Å². The van der Waals surface area contributed by atoms with E-state index in [1.54, 1.807) is 13.8 Å². The molecule has 8 heteroatoms. The minimum absolute atomic E-state index is 0.301. The summed E-state index contributed by atoms with van der Waals surface area (Å²) in [6.45, 7) is 4.20. The summed E-state index contributed by atoms with van der Waals surface area (Å²) in [5, 5.41) is 0. The number of carbonyl (C=O) groups is 4. The lowest BCUT2D eigenvalue weighted by molar-refractivity contribution is -0.160. The van der Waals surface area contributed by atoms with Crippen LogP contribution in [0.4, 0.5) is 0 Å². The zero-order chi connectivity index (χ0) is 22.5. The Morgan fingerprint density at radius 3 is 1.10 bits per heavy atom. The van der Waals surface area contributed by atoms with E-state index in [1.807, 2.05) is 24.3 Å². The number of carbonyl (C=O) groups excluding carboxylic acids is 4. The zero-order valence-electron chi connectivity index (χ0n) is 18.1. The van der Waals surface area contributed by atoms with Gasteiger partial charge < -0.3 is 18.9 Å². The van der Waals surface area contributed by atoms with E-state index in [1.165, 1.54) is 14.2 Å². The maximum Gasteiger partial charge on any atom is 0.310 e. The Labute approximate surface area is 177 Å². The molecular weight excluding hydrogens is 392 g/mol. The number of hydrogen-bond donors (Lipinski definition) is 0. The van der Waals surface area contributed by atoms with Crippen LogP contribution in [-0.4, -0.2) is 51.3 Å². The van der Waals surface area contributed by atoms with E-state index < -0.39 is 11.8 Å². The number of ether oxygens (including phenoxy) is 4. The van der Waals surface area contributed by atoms with Gasteiger partial charge in [-0.3, -0.25) is 19.2 Å². The van der Waals surface area contributed by atoms with Gasteiger partial charge in [0.15, 0.2) is 0 Å². The third kappa shape index (κ3) is 7.31. The molecule has 8 nitrogen and oxygen atoms in total. The lowest BCUT2D eigenvalue weighted by Gasteiger charge is -2.24. The lowest BCUT2D eigenvalue weighted by Crippen LogP contribution is -2.33. The summed E-state index contributed by atoms with van der Waals surface area (Å²) in [6.07, 6.45) is 9.82. The van der Waals surface area contributed by atoms with E-state index in [-0.39, 0.29) is 35.7 Å². The Morgan fingerprint density at radius 2 is 0.867 bits per heavy atom. The van der Waals surface area contributed by atoms with Crippen LogP contribution in [0.3, 0.4) is 0 Å². The molecule has 168 valence electrons. The Hall–Kier alpha value is -2.64. The van der Waals surface area contributed by atoms with Crippen LogP contribution in [0.15, 0.2) is 24.3 Å². The molecule has 2 aliphatic carbocycles. The van der Waals surface area contributed by atoms with Crippen LogP contribution in [-0.2, 0) is 38.1 Å². The first-order valence-corrected chi connectivity index (χ1v) is 10.2. The molecular formula is C22H32O8. The quantitative estimate of drug-likeness (QED) is 0.364. The van der Waals surface area contributed by atoms with E-state index in [9.17, 15) is 19.2 Å². The molecule has 2 aliphatic rings. The molecule has 0 radical (unpaired) electrons. The number of rotatable bonds is 6. The van der Waals surface area contributed by atoms with Crippen molar-refractivity contribution in [2.45, 2.75) is 39.5 Å². The minimum atomic E-state index is -0.391. The summed E-state index contributed by atoms with van der Waals surface area (Å²) < 4.78 is 19.2. The van der Waals surface area contributed by atoms with Crippen molar-refractivity contribution in [2.75, 3.05) is 27.4 Å². The van der Waals surface area contributed by atoms with E-state index in [4.69, 9.17) is 9.47 Å². The van der Waals surface area contributed by atoms with E-state index in [0.29, 0.717) is 38.9 Å². The standard InChI is InChI=1S/C12H18O4.C10H14O4/c1-3-15-11(13)9-7-5-6-8-10(9)12(14)16-4-2;1-13-9(11)7-5-3-4-6-8(7)10(12)14-2/h5-6,9-10H,3-4,7-8H2,1-2H3;3-4,7-8H,5-6H2,1-2H3. The highest BCUT2D eigenvalue weighted by Gasteiger charge is 2.36. The van der Waals surface area contributed by atoms with Crippen molar-refractivity contribution >= 4 is 23.9 Å². The fourth-order valence-electron chi connectivity index (χ4n) is 3.47. The summed E-state index contributed by atoms with van der Waals surface area (Å²) in [4.78, 5) is 46.0. The Kier molecular flexibility index (Phi) is 11.5. The smallest absolute Gasteiger partial charge is 0.310 e. The van der Waals surface area contributed by atoms with Crippen molar-refractivity contribution in [1.82, 2.24) is 0 Å². The van der Waals surface area contributed by atoms with Crippen LogP contribution in [0, 0.1) is 23.7 Å². The Bertz CT molecular complexity index is 598. The molecule has 0 aromatic carbocycles. The maximum atomic E-state index is 11.7. The molecule has 0 heterocycles. The fourth-order valence-corrected chi connectivity index (χ4v) is 3.47. The molecule has 0 fully saturated rings. The van der Waals surface area contributed by atoms with Gasteiger partial charge in [0, 0.05) is 0 Å². The van der Waals surface area contributed by atoms with E-state index >= 15 is 0 Å². The van der Waals surface area contributed by atoms with Gasteiger partial charge in [0.2, 0.25) is 0 Å². The fraction of sp³-hybridized carbons (Fsp3) is 0.636. The molecule has 4 unspecified atom stereocenters. The van der Waals surface area contributed by atoms with Gasteiger partial charge in [0.05, 0.1) is 51.1 Å². The lowest BCUT2D eigenvalue weighted by atomic mass is 9.83. The average molecular weight is 424 g/mol. The number of methoxy groups -OCH3 is 2. The average Bonchev–Trinajstić information content (AvgIpc) is 2.78. The molecule has 0 saturated heterocycles. The second kappa shape index (κ2) is 13.6. The van der Waals surface area contributed by atoms with Gasteiger partial charge in [-0.1, -0.05) is 24.3 Å². The molecule has 0 aromatic heterocycles. The molecule has 0 bridgehead atoms. The number of allylic oxidation sites excluding steroid dienone is 4. The molecule has 4 atom stereocenters. The van der Waals surface area contributed by atoms with Gasteiger partial charge in [-0.25, -0.2) is 0 Å². The topological polar surface area (TPSA) is 105 Å². The molecule has 30 heavy (non-hydrogen) atoms. The first kappa shape index (κ1) is 25.4. The SMILES string of the molecule is CCOC(=O)C1CC=CCC1C(=O)OCC.COC(=O)C1CC=CCC1C(=O)OC. The molecule has 0 saturated carbocycles. The van der Waals surface area contributed by atoms with Crippen LogP contribution >= 0.6 is 0 Å². The summed E-state index contributed by atoms with van der Waals surface area (Å²) in [7, 11) is 2.66. The summed E-state index contributed by atoms with van der Waals surface area (Å²) in [5.74, 6) is -2.84. The molecule has 0 N–H and O–H groups in total. The van der Waals surface area contributed by atoms with Gasteiger partial charge in [0.25, 0.3) is 0 Å². The normalized spacial score (nSPS) is 24.7. The third-order valence-electron chi connectivity index (χ3n) is 5.05. The summed E-state index contributed by atoms with van der Waals surface area (Å²) in [5.41, 5.74) is 0. The number of esters is 4. The molecule has 0 aliphatic heterocycles. The molecule has 0 amide bonds. The zero-order valence-corrected chi connectivity index (χ0v) is 18.1. The first-order valence-electron chi connectivity index (χ1n) is 10.2. The summed E-state index contributed by atoms with van der Waals surface area (Å²) in [6, 6.07) is 0. The molecule has 2 rings (SSSR count). The Balaban J connectivity index is 0.000000303. The van der Waals surface area contributed by atoms with Gasteiger partial charge in [0.1, 0.15) is 0 Å². The van der Waals surface area contributed by atoms with Crippen LogP contribution in [0.1, 0.15) is 39.5 Å². The largest absolute Gasteiger partial charge is 0.469 e. The van der Waals surface area contributed by atoms with E-state index in [2.05, 4.69) is 9.47 Å². The highest BCUT2D eigenvalue weighted by atomic mass is 16.5. The van der Waals surface area contributed by atoms with Crippen LogP contribution in [0.25, 0.3) is 0 Å². The van der Waals surface area contributed by atoms with Crippen molar-refractivity contribution in [3.05, 3.63) is 24.3 Å². The van der Waals surface area contributed by atoms with Crippen LogP contribution < -0.4 is 0 Å². The van der Waals surface area contributed by atoms with Crippen molar-refractivity contribution < 1.29 is 38.1 Å². The third-order valence-corrected chi connectivity index (χ3v) is 5.05. The molecule has 0 aromatic rings. The number of hydrogen-bond acceptors (Lipinski definition) is 8. The van der Waals surface area contributed by atoms with Gasteiger partial charge in [-0.2, -0.15) is 0 Å². The van der Waals surface area contributed by atoms with Crippen molar-refractivity contribution in [2.24, 2.45) is 23.7 Å². The van der Waals surface area contributed by atoms with Crippen molar-refractivity contribution in [3.8, 4) is 0 Å². The van der Waals surface area contributed by atoms with Crippen LogP contribution in [0.5, 0.6) is 0 Å². The highest BCUT2D eigenvalue weighted by Crippen LogP contribution is 2.28. The van der Waals surface area contributed by atoms with Crippen LogP contribution in [0.2, 0.25) is 0 Å². The maximum absolute atomic E-state index is 11.7. The predicted molar refractivity (Wildman–Crippen MR) is 108 cm³/mol. The van der Waals surface area contributed by atoms with Crippen molar-refractivity contribution in [3.63, 3.8) is 0 Å². The predicted octanol–water partition coefficient (Wildman–Crippen LogP) is 2.61. The second-order valence-corrected chi connectivity index (χ2v) is 6.86. The Morgan fingerprint density at radius 1 is 0.600 bits per heavy atom. The molecule has 0 spiro atoms. The van der Waals surface area contributed by atoms with E-state index in [0.717, 1.165) is 0 Å². The first-order chi connectivity index (χ1) is 14.4. The van der Waals surface area contributed by atoms with Gasteiger partial charge in [-0.05, 0) is 39.5 Å². The highest BCUT2D eigenvalue weighted by molar-refractivity contribution is 5.83. The van der Waals surface area contributed by atoms with Gasteiger partial charge in [-0.15, -0.1) is 0 Å². The summed E-state index contributed by atoms with van der Waals surface area (Å²) >= 11 is 0.